The molecular weight excluding hydrogens is 186 g/mol. The van der Waals surface area contributed by atoms with Crippen molar-refractivity contribution in [3.8, 4) is 6.07 Å². The van der Waals surface area contributed by atoms with E-state index in [1.54, 1.807) is 0 Å². The van der Waals surface area contributed by atoms with Crippen molar-refractivity contribution in [2.75, 3.05) is 6.54 Å². The first-order valence-corrected chi connectivity index (χ1v) is 4.47. The smallest absolute Gasteiger partial charge is 0.266 e. The Bertz CT molecular complexity index is 305. The van der Waals surface area contributed by atoms with Gasteiger partial charge in [0.25, 0.3) is 5.91 Å². The van der Waals surface area contributed by atoms with Crippen LogP contribution in [-0.2, 0) is 4.79 Å². The van der Waals surface area contributed by atoms with Crippen LogP contribution in [0.1, 0.15) is 13.8 Å². The van der Waals surface area contributed by atoms with Gasteiger partial charge < -0.3 is 10.2 Å². The Labute approximate surface area is 82.6 Å². The van der Waals surface area contributed by atoms with E-state index in [0.29, 0.717) is 11.6 Å². The summed E-state index contributed by atoms with van der Waals surface area (Å²) in [7, 11) is 0. The van der Waals surface area contributed by atoms with E-state index in [-0.39, 0.29) is 17.6 Å². The van der Waals surface area contributed by atoms with Gasteiger partial charge in [-0.15, -0.1) is 12.6 Å². The molecule has 1 heterocycles. The number of hydrogen-bond acceptors (Lipinski definition) is 4. The monoisotopic (exact) mass is 197 g/mol. The fourth-order valence-corrected chi connectivity index (χ4v) is 1.76. The molecule has 5 heteroatoms. The molecule has 4 nitrogen and oxygen atoms in total. The van der Waals surface area contributed by atoms with Gasteiger partial charge in [0.15, 0.2) is 0 Å². The molecule has 0 saturated heterocycles. The number of carbonyl (C=O) groups excluding carboxylic acids is 1. The summed E-state index contributed by atoms with van der Waals surface area (Å²) in [6, 6.07) is 1.84. The Hall–Kier alpha value is -1.15. The highest BCUT2D eigenvalue weighted by atomic mass is 32.1. The molecule has 0 aromatic rings. The molecule has 0 unspecified atom stereocenters. The zero-order chi connectivity index (χ0) is 10.0. The first-order valence-electron chi connectivity index (χ1n) is 4.02. The minimum atomic E-state index is -0.343. The Morgan fingerprint density at radius 3 is 2.85 bits per heavy atom. The van der Waals surface area contributed by atoms with E-state index in [9.17, 15) is 4.79 Å². The minimum Gasteiger partial charge on any atom is -0.346 e. The summed E-state index contributed by atoms with van der Waals surface area (Å²) in [6.45, 7) is 4.51. The SMILES string of the molecule is CCN1C(S)=C(C#N)C(=O)N[C@@H]1C. The summed E-state index contributed by atoms with van der Waals surface area (Å²) >= 11 is 4.15. The summed E-state index contributed by atoms with van der Waals surface area (Å²) in [5, 5.41) is 11.8. The molecule has 13 heavy (non-hydrogen) atoms. The average Bonchev–Trinajstić information content (AvgIpc) is 2.04. The van der Waals surface area contributed by atoms with Gasteiger partial charge in [-0.3, -0.25) is 4.79 Å². The number of amides is 1. The number of thiol groups is 1. The van der Waals surface area contributed by atoms with Crippen molar-refractivity contribution in [1.82, 2.24) is 10.2 Å². The maximum atomic E-state index is 11.2. The second kappa shape index (κ2) is 3.71. The van der Waals surface area contributed by atoms with Gasteiger partial charge in [-0.2, -0.15) is 5.26 Å². The van der Waals surface area contributed by atoms with Crippen LogP contribution in [0.5, 0.6) is 0 Å². The molecule has 0 fully saturated rings. The van der Waals surface area contributed by atoms with Gasteiger partial charge in [-0.1, -0.05) is 0 Å². The Morgan fingerprint density at radius 1 is 1.77 bits per heavy atom. The highest BCUT2D eigenvalue weighted by Gasteiger charge is 2.27. The van der Waals surface area contributed by atoms with Gasteiger partial charge in [0.2, 0.25) is 0 Å². The lowest BCUT2D eigenvalue weighted by molar-refractivity contribution is -0.119. The van der Waals surface area contributed by atoms with Crippen LogP contribution < -0.4 is 5.32 Å². The van der Waals surface area contributed by atoms with Gasteiger partial charge in [-0.25, -0.2) is 0 Å². The number of nitrogens with zero attached hydrogens (tertiary/aromatic N) is 2. The van der Waals surface area contributed by atoms with Crippen LogP contribution in [0.3, 0.4) is 0 Å². The first-order chi connectivity index (χ1) is 6.11. The largest absolute Gasteiger partial charge is 0.346 e. The molecule has 1 atom stereocenters. The molecule has 0 bridgehead atoms. The zero-order valence-electron chi connectivity index (χ0n) is 7.53. The first kappa shape index (κ1) is 9.93. The number of hydrogen-bond donors (Lipinski definition) is 2. The van der Waals surface area contributed by atoms with Gasteiger partial charge in [-0.05, 0) is 13.8 Å². The van der Waals surface area contributed by atoms with Crippen molar-refractivity contribution in [3.63, 3.8) is 0 Å². The lowest BCUT2D eigenvalue weighted by Crippen LogP contribution is -2.50. The molecule has 0 radical (unpaired) electrons. The second-order valence-corrected chi connectivity index (χ2v) is 3.17. The van der Waals surface area contributed by atoms with E-state index in [1.807, 2.05) is 24.8 Å². The Morgan fingerprint density at radius 2 is 2.38 bits per heavy atom. The van der Waals surface area contributed by atoms with Crippen LogP contribution in [0.25, 0.3) is 0 Å². The molecule has 0 aromatic heterocycles. The summed E-state index contributed by atoms with van der Waals surface area (Å²) < 4.78 is 0. The third-order valence-corrected chi connectivity index (χ3v) is 2.46. The quantitative estimate of drug-likeness (QED) is 0.600. The van der Waals surface area contributed by atoms with Crippen LogP contribution >= 0.6 is 12.6 Å². The van der Waals surface area contributed by atoms with Crippen LogP contribution in [0.2, 0.25) is 0 Å². The lowest BCUT2D eigenvalue weighted by Gasteiger charge is -2.34. The second-order valence-electron chi connectivity index (χ2n) is 2.75. The molecule has 1 aliphatic heterocycles. The van der Waals surface area contributed by atoms with Crippen molar-refractivity contribution in [1.29, 1.82) is 5.26 Å². The third kappa shape index (κ3) is 1.63. The molecule has 1 rings (SSSR count). The summed E-state index contributed by atoms with van der Waals surface area (Å²) in [5.74, 6) is -0.343. The van der Waals surface area contributed by atoms with Crippen molar-refractivity contribution in [2.24, 2.45) is 0 Å². The number of rotatable bonds is 1. The molecule has 1 aliphatic rings. The summed E-state index contributed by atoms with van der Waals surface area (Å²) in [5.41, 5.74) is 0.0864. The minimum absolute atomic E-state index is 0.0864. The molecule has 70 valence electrons. The summed E-state index contributed by atoms with van der Waals surface area (Å²) in [6.07, 6.45) is -0.0953. The van der Waals surface area contributed by atoms with Gasteiger partial charge in [0, 0.05) is 6.54 Å². The van der Waals surface area contributed by atoms with Crippen LogP contribution in [-0.4, -0.2) is 23.5 Å². The van der Waals surface area contributed by atoms with Crippen LogP contribution in [0.15, 0.2) is 10.6 Å². The Balaban J connectivity index is 3.10. The standard InChI is InChI=1S/C8H11N3OS/c1-3-11-5(2)10-7(12)6(4-9)8(11)13/h5,13H,3H2,1-2H3,(H,10,12)/t5-/m0/s1. The van der Waals surface area contributed by atoms with E-state index < -0.39 is 0 Å². The van der Waals surface area contributed by atoms with E-state index >= 15 is 0 Å². The predicted octanol–water partition coefficient (Wildman–Crippen LogP) is 0.449. The van der Waals surface area contributed by atoms with Crippen molar-refractivity contribution in [2.45, 2.75) is 20.0 Å². The maximum absolute atomic E-state index is 11.2. The lowest BCUT2D eigenvalue weighted by atomic mass is 10.2. The fourth-order valence-electron chi connectivity index (χ4n) is 1.29. The topological polar surface area (TPSA) is 56.1 Å². The molecule has 0 aliphatic carbocycles. The molecule has 0 saturated carbocycles. The molecule has 1 amide bonds. The molecule has 1 N–H and O–H groups in total. The molecule has 0 aromatic carbocycles. The zero-order valence-corrected chi connectivity index (χ0v) is 8.43. The van der Waals surface area contributed by atoms with Gasteiger partial charge in [0.05, 0.1) is 11.2 Å². The highest BCUT2D eigenvalue weighted by molar-refractivity contribution is 7.84. The van der Waals surface area contributed by atoms with E-state index in [2.05, 4.69) is 17.9 Å². The third-order valence-electron chi connectivity index (χ3n) is 1.98. The normalized spacial score (nSPS) is 22.8. The van der Waals surface area contributed by atoms with Crippen molar-refractivity contribution >= 4 is 18.5 Å². The highest BCUT2D eigenvalue weighted by Crippen LogP contribution is 2.20. The maximum Gasteiger partial charge on any atom is 0.266 e. The van der Waals surface area contributed by atoms with E-state index in [1.165, 1.54) is 0 Å². The van der Waals surface area contributed by atoms with Gasteiger partial charge in [0.1, 0.15) is 11.6 Å². The number of nitrogens with one attached hydrogen (secondary N) is 1. The van der Waals surface area contributed by atoms with Crippen molar-refractivity contribution < 1.29 is 4.79 Å². The summed E-state index contributed by atoms with van der Waals surface area (Å²) in [4.78, 5) is 13.1. The van der Waals surface area contributed by atoms with E-state index in [4.69, 9.17) is 5.26 Å². The molecular formula is C8H11N3OS. The average molecular weight is 197 g/mol. The molecule has 0 spiro atoms. The number of nitriles is 1. The predicted molar refractivity (Wildman–Crippen MR) is 51.6 cm³/mol. The van der Waals surface area contributed by atoms with E-state index in [0.717, 1.165) is 0 Å². The van der Waals surface area contributed by atoms with Gasteiger partial charge >= 0.3 is 0 Å². The van der Waals surface area contributed by atoms with Crippen molar-refractivity contribution in [3.05, 3.63) is 10.6 Å². The fraction of sp³-hybridized carbons (Fsp3) is 0.500. The Kier molecular flexibility index (Phi) is 2.83. The number of carbonyl (C=O) groups is 1. The van der Waals surface area contributed by atoms with Crippen LogP contribution in [0, 0.1) is 11.3 Å². The van der Waals surface area contributed by atoms with Crippen LogP contribution in [0.4, 0.5) is 0 Å².